The third-order valence-corrected chi connectivity index (χ3v) is 8.83. The van der Waals surface area contributed by atoms with E-state index in [1.807, 2.05) is 84.9 Å². The molecule has 4 aromatic heterocycles. The molecule has 0 unspecified atom stereocenters. The average molecular weight is 864 g/mol. The van der Waals surface area contributed by atoms with Gasteiger partial charge in [-0.25, -0.2) is 0 Å². The highest BCUT2D eigenvalue weighted by Gasteiger charge is 2.30. The Labute approximate surface area is 351 Å². The maximum atomic E-state index is 12.8. The van der Waals surface area contributed by atoms with Crippen LogP contribution in [0.1, 0.15) is 44.8 Å². The van der Waals surface area contributed by atoms with Crippen molar-refractivity contribution in [3.63, 3.8) is 0 Å². The van der Waals surface area contributed by atoms with Crippen LogP contribution >= 0.6 is 24.0 Å². The number of hydrogen-bond acceptors (Lipinski definition) is 8. The molecule has 4 aromatic carbocycles. The number of alkyl halides is 7. The number of halogens is 8. The van der Waals surface area contributed by atoms with Crippen LogP contribution in [-0.2, 0) is 37.6 Å². The van der Waals surface area contributed by atoms with Gasteiger partial charge in [-0.1, -0.05) is 84.9 Å². The monoisotopic (exact) mass is 862 g/mol. The Bertz CT molecular complexity index is 2480. The van der Waals surface area contributed by atoms with Gasteiger partial charge in [0.15, 0.2) is 0 Å². The van der Waals surface area contributed by atoms with Crippen molar-refractivity contribution in [1.82, 2.24) is 50.8 Å². The van der Waals surface area contributed by atoms with E-state index in [0.717, 1.165) is 69.0 Å². The van der Waals surface area contributed by atoms with Crippen LogP contribution in [0.25, 0.3) is 22.8 Å². The molecule has 18 heteroatoms. The molecule has 0 atom stereocenters. The second kappa shape index (κ2) is 20.9. The number of nitrogens with zero attached hydrogens (tertiary/aromatic N) is 9. The van der Waals surface area contributed by atoms with E-state index in [1.165, 1.54) is 29.1 Å². The molecule has 308 valence electrons. The van der Waals surface area contributed by atoms with Crippen molar-refractivity contribution in [3.8, 4) is 22.8 Å². The van der Waals surface area contributed by atoms with Gasteiger partial charge in [0.1, 0.15) is 6.54 Å². The van der Waals surface area contributed by atoms with Crippen LogP contribution in [0.4, 0.5) is 26.3 Å². The van der Waals surface area contributed by atoms with Gasteiger partial charge >= 0.3 is 12.4 Å². The molecule has 8 rings (SSSR count). The third-order valence-electron chi connectivity index (χ3n) is 8.56. The molecule has 0 fully saturated rings. The highest BCUT2D eigenvalue weighted by molar-refractivity contribution is 6.16. The van der Waals surface area contributed by atoms with Crippen LogP contribution < -0.4 is 0 Å². The Morgan fingerprint density at radius 1 is 0.550 bits per heavy atom. The first-order valence-corrected chi connectivity index (χ1v) is 18.4. The van der Waals surface area contributed by atoms with E-state index in [4.69, 9.17) is 11.6 Å². The summed E-state index contributed by atoms with van der Waals surface area (Å²) in [5, 5.41) is 26.4. The number of tetrazole rings is 2. The molecule has 10 nitrogen and oxygen atoms in total. The number of aromatic amines is 1. The summed E-state index contributed by atoms with van der Waals surface area (Å²) in [6.07, 6.45) is -4.27. The molecule has 0 radical (unpaired) electrons. The number of hydrogen-bond donors (Lipinski definition) is 1. The van der Waals surface area contributed by atoms with Gasteiger partial charge in [-0.2, -0.15) is 36.4 Å². The predicted molar refractivity (Wildman–Crippen MR) is 216 cm³/mol. The van der Waals surface area contributed by atoms with Gasteiger partial charge in [-0.3, -0.25) is 9.97 Å². The van der Waals surface area contributed by atoms with Crippen LogP contribution in [0.15, 0.2) is 146 Å². The zero-order valence-corrected chi connectivity index (χ0v) is 32.8. The van der Waals surface area contributed by atoms with E-state index in [1.54, 1.807) is 12.4 Å². The zero-order chi connectivity index (χ0) is 41.7. The molecule has 0 bridgehead atoms. The Morgan fingerprint density at radius 3 is 1.47 bits per heavy atom. The first kappa shape index (κ1) is 44.6. The summed E-state index contributed by atoms with van der Waals surface area (Å²) in [7, 11) is 0. The van der Waals surface area contributed by atoms with Crippen LogP contribution in [0.3, 0.4) is 0 Å². The normalized spacial score (nSPS) is 11.1. The van der Waals surface area contributed by atoms with Crippen molar-refractivity contribution in [2.75, 3.05) is 0 Å². The lowest BCUT2D eigenvalue weighted by Crippen LogP contribution is -2.05. The molecule has 0 saturated carbocycles. The fourth-order valence-electron chi connectivity index (χ4n) is 5.66. The minimum atomic E-state index is -4.34. The molecule has 0 aliphatic heterocycles. The predicted octanol–water partition coefficient (Wildman–Crippen LogP) is 10.1. The van der Waals surface area contributed by atoms with E-state index in [-0.39, 0.29) is 12.4 Å². The largest absolute Gasteiger partial charge is 0.416 e. The van der Waals surface area contributed by atoms with E-state index in [9.17, 15) is 26.3 Å². The van der Waals surface area contributed by atoms with Crippen molar-refractivity contribution < 1.29 is 26.3 Å². The number of benzene rings is 4. The van der Waals surface area contributed by atoms with Gasteiger partial charge < -0.3 is 0 Å². The maximum Gasteiger partial charge on any atom is 0.416 e. The first-order valence-electron chi connectivity index (χ1n) is 17.8. The van der Waals surface area contributed by atoms with Crippen molar-refractivity contribution in [3.05, 3.63) is 191 Å². The van der Waals surface area contributed by atoms with Gasteiger partial charge in [0.05, 0.1) is 28.4 Å². The molecule has 0 spiro atoms. The Morgan fingerprint density at radius 2 is 1.03 bits per heavy atom. The Kier molecular flexibility index (Phi) is 15.6. The number of pyridine rings is 2. The highest BCUT2D eigenvalue weighted by Crippen LogP contribution is 2.31. The summed E-state index contributed by atoms with van der Waals surface area (Å²) >= 11 is 5.46. The van der Waals surface area contributed by atoms with Gasteiger partial charge in [-0.15, -0.1) is 44.4 Å². The fourth-order valence-corrected chi connectivity index (χ4v) is 5.81. The fraction of sp³-hybridized carbons (Fsp3) is 0.143. The number of rotatable bonds is 9. The quantitative estimate of drug-likeness (QED) is 0.112. The minimum Gasteiger partial charge on any atom is -0.260 e. The Balaban J connectivity index is 0.000000194. The summed E-state index contributed by atoms with van der Waals surface area (Å²) in [6.45, 7) is 0.398. The molecule has 0 aliphatic carbocycles. The van der Waals surface area contributed by atoms with Crippen LogP contribution in [0, 0.1) is 0 Å². The zero-order valence-electron chi connectivity index (χ0n) is 31.3. The molecular weight excluding hydrogens is 829 g/mol. The summed E-state index contributed by atoms with van der Waals surface area (Å²) < 4.78 is 76.0. The van der Waals surface area contributed by atoms with Crippen LogP contribution in [0.2, 0.25) is 0 Å². The molecule has 4 heterocycles. The summed E-state index contributed by atoms with van der Waals surface area (Å²) in [4.78, 5) is 9.68. The molecule has 0 amide bonds. The third kappa shape index (κ3) is 12.7. The van der Waals surface area contributed by atoms with Crippen LogP contribution in [0.5, 0.6) is 0 Å². The van der Waals surface area contributed by atoms with Crippen LogP contribution in [-0.4, -0.2) is 50.8 Å². The molecule has 0 aliphatic rings. The lowest BCUT2D eigenvalue weighted by molar-refractivity contribution is -0.138. The molecule has 8 aromatic rings. The minimum absolute atomic E-state index is 0. The second-order valence-electron chi connectivity index (χ2n) is 12.7. The van der Waals surface area contributed by atoms with Gasteiger partial charge in [0, 0.05) is 23.5 Å². The van der Waals surface area contributed by atoms with Gasteiger partial charge in [-0.05, 0) is 94.1 Å². The standard InChI is InChI=1S/C21H16F3N5.C15H11F3N4.C6H6ClN.ClH/c22-21(23,24)17-10-8-15(9-11-17)13-16-5-1-2-7-19(16)20-26-28-29(27-20)14-18-6-3-4-12-25-18;16-15(17,18)12-7-5-10(6-8-12)9-11-3-1-2-4-13(11)14-19-21-22-20-14;7-5-6-3-1-2-4-8-6;/h1-12H,13-14H2;1-8H,9H2,(H,19,20,21,22);1-4H,5H2;1H. The van der Waals surface area contributed by atoms with E-state index in [2.05, 4.69) is 46.0 Å². The van der Waals surface area contributed by atoms with Crippen molar-refractivity contribution in [2.24, 2.45) is 0 Å². The van der Waals surface area contributed by atoms with Gasteiger partial charge in [0.2, 0.25) is 11.6 Å². The number of aromatic nitrogens is 10. The lowest BCUT2D eigenvalue weighted by Gasteiger charge is -2.09. The van der Waals surface area contributed by atoms with Crippen molar-refractivity contribution in [2.45, 2.75) is 37.6 Å². The summed E-state index contributed by atoms with van der Waals surface area (Å²) in [5.41, 5.74) is 5.40. The SMILES string of the molecule is Cl.ClCc1ccccn1.FC(F)(F)c1ccc(Cc2ccccc2-c2nn[nH]n2)cc1.FC(F)(F)c1ccc(Cc2ccccc2-c2nnn(Cc3ccccn3)n2)cc1. The van der Waals surface area contributed by atoms with E-state index >= 15 is 0 Å². The smallest absolute Gasteiger partial charge is 0.260 e. The first-order chi connectivity index (χ1) is 28.5. The molecular formula is C42H34Cl2F6N10. The van der Waals surface area contributed by atoms with E-state index < -0.39 is 23.5 Å². The summed E-state index contributed by atoms with van der Waals surface area (Å²) in [6, 6.07) is 36.6. The summed E-state index contributed by atoms with van der Waals surface area (Å²) in [5.74, 6) is 1.42. The second-order valence-corrected chi connectivity index (χ2v) is 13.0. The van der Waals surface area contributed by atoms with Gasteiger partial charge in [0.25, 0.3) is 0 Å². The molecule has 1 N–H and O–H groups in total. The van der Waals surface area contributed by atoms with Crippen molar-refractivity contribution in [1.29, 1.82) is 0 Å². The topological polar surface area (TPSA) is 124 Å². The maximum absolute atomic E-state index is 12.8. The lowest BCUT2D eigenvalue weighted by atomic mass is 9.98. The number of H-pyrrole nitrogens is 1. The number of nitrogens with one attached hydrogen (secondary N) is 1. The molecule has 0 saturated heterocycles. The van der Waals surface area contributed by atoms with E-state index in [0.29, 0.717) is 36.9 Å². The Hall–Kier alpha value is -6.52. The highest BCUT2D eigenvalue weighted by atomic mass is 35.5. The molecule has 60 heavy (non-hydrogen) atoms. The average Bonchev–Trinajstić information content (AvgIpc) is 3.96. The van der Waals surface area contributed by atoms with Crippen molar-refractivity contribution >= 4 is 24.0 Å².